The standard InChI is InChI=1S/C13H17NO2/c1-3-12-9-16-13(14(12)10(2)15)11-7-5-4-6-8-11/h4-8,12-13H,3,9H2,1-2H3. The van der Waals surface area contributed by atoms with E-state index in [4.69, 9.17) is 4.74 Å². The van der Waals surface area contributed by atoms with E-state index >= 15 is 0 Å². The quantitative estimate of drug-likeness (QED) is 0.764. The molecule has 0 bridgehead atoms. The molecule has 1 fully saturated rings. The highest BCUT2D eigenvalue weighted by molar-refractivity contribution is 5.74. The third-order valence-electron chi connectivity index (χ3n) is 3.01. The van der Waals surface area contributed by atoms with Crippen molar-refractivity contribution in [2.75, 3.05) is 6.61 Å². The first-order valence-corrected chi connectivity index (χ1v) is 5.69. The summed E-state index contributed by atoms with van der Waals surface area (Å²) in [5.74, 6) is 0.0817. The van der Waals surface area contributed by atoms with Crippen LogP contribution in [0.4, 0.5) is 0 Å². The fourth-order valence-electron chi connectivity index (χ4n) is 2.17. The Morgan fingerprint density at radius 3 is 2.69 bits per heavy atom. The van der Waals surface area contributed by atoms with Crippen LogP contribution in [0.1, 0.15) is 32.1 Å². The summed E-state index contributed by atoms with van der Waals surface area (Å²) >= 11 is 0. The molecule has 1 aromatic carbocycles. The van der Waals surface area contributed by atoms with Gasteiger partial charge in [-0.2, -0.15) is 0 Å². The molecule has 1 saturated heterocycles. The molecule has 2 unspecified atom stereocenters. The van der Waals surface area contributed by atoms with Gasteiger partial charge in [0.15, 0.2) is 6.23 Å². The first kappa shape index (κ1) is 11.1. The number of nitrogens with zero attached hydrogens (tertiary/aromatic N) is 1. The molecule has 16 heavy (non-hydrogen) atoms. The molecule has 86 valence electrons. The van der Waals surface area contributed by atoms with Gasteiger partial charge in [-0.05, 0) is 6.42 Å². The van der Waals surface area contributed by atoms with Crippen LogP contribution in [0.15, 0.2) is 30.3 Å². The lowest BCUT2D eigenvalue weighted by atomic mass is 10.1. The van der Waals surface area contributed by atoms with E-state index in [1.807, 2.05) is 35.2 Å². The van der Waals surface area contributed by atoms with Crippen LogP contribution < -0.4 is 0 Å². The summed E-state index contributed by atoms with van der Waals surface area (Å²) in [6.07, 6.45) is 0.728. The van der Waals surface area contributed by atoms with Crippen LogP contribution >= 0.6 is 0 Å². The first-order chi connectivity index (χ1) is 7.74. The maximum atomic E-state index is 11.6. The third kappa shape index (κ3) is 1.95. The van der Waals surface area contributed by atoms with Gasteiger partial charge < -0.3 is 9.64 Å². The van der Waals surface area contributed by atoms with E-state index in [2.05, 4.69) is 6.92 Å². The highest BCUT2D eigenvalue weighted by Gasteiger charge is 2.35. The van der Waals surface area contributed by atoms with Crippen molar-refractivity contribution >= 4 is 5.91 Å². The molecule has 1 heterocycles. The van der Waals surface area contributed by atoms with Crippen LogP contribution in [-0.4, -0.2) is 23.5 Å². The number of benzene rings is 1. The molecule has 2 atom stereocenters. The molecule has 1 aliphatic rings. The topological polar surface area (TPSA) is 29.5 Å². The van der Waals surface area contributed by atoms with Gasteiger partial charge in [0.1, 0.15) is 0 Å². The van der Waals surface area contributed by atoms with Crippen molar-refractivity contribution in [2.24, 2.45) is 0 Å². The van der Waals surface area contributed by atoms with Gasteiger partial charge in [0.2, 0.25) is 5.91 Å². The van der Waals surface area contributed by atoms with Crippen molar-refractivity contribution in [1.82, 2.24) is 4.90 Å². The first-order valence-electron chi connectivity index (χ1n) is 5.69. The van der Waals surface area contributed by atoms with E-state index in [1.54, 1.807) is 6.92 Å². The van der Waals surface area contributed by atoms with Crippen molar-refractivity contribution in [2.45, 2.75) is 32.5 Å². The second-order valence-corrected chi connectivity index (χ2v) is 4.08. The van der Waals surface area contributed by atoms with E-state index in [-0.39, 0.29) is 18.2 Å². The van der Waals surface area contributed by atoms with Gasteiger partial charge in [0.25, 0.3) is 0 Å². The van der Waals surface area contributed by atoms with E-state index in [1.165, 1.54) is 0 Å². The predicted octanol–water partition coefficient (Wildman–Crippen LogP) is 2.34. The molecular weight excluding hydrogens is 202 g/mol. The normalized spacial score (nSPS) is 24.8. The van der Waals surface area contributed by atoms with Crippen LogP contribution in [0.5, 0.6) is 0 Å². The van der Waals surface area contributed by atoms with Crippen molar-refractivity contribution in [3.05, 3.63) is 35.9 Å². The smallest absolute Gasteiger partial charge is 0.222 e. The third-order valence-corrected chi connectivity index (χ3v) is 3.01. The summed E-state index contributed by atoms with van der Waals surface area (Å²) in [7, 11) is 0. The molecule has 0 aromatic heterocycles. The van der Waals surface area contributed by atoms with Gasteiger partial charge in [-0.3, -0.25) is 4.79 Å². The fraction of sp³-hybridized carbons (Fsp3) is 0.462. The SMILES string of the molecule is CCC1COC(c2ccccc2)N1C(C)=O. The molecule has 0 aliphatic carbocycles. The lowest BCUT2D eigenvalue weighted by Gasteiger charge is -2.26. The molecule has 1 aliphatic heterocycles. The number of hydrogen-bond acceptors (Lipinski definition) is 2. The van der Waals surface area contributed by atoms with Crippen molar-refractivity contribution in [1.29, 1.82) is 0 Å². The lowest BCUT2D eigenvalue weighted by Crippen LogP contribution is -2.36. The van der Waals surface area contributed by atoms with Gasteiger partial charge in [0, 0.05) is 12.5 Å². The molecule has 0 spiro atoms. The summed E-state index contributed by atoms with van der Waals surface area (Å²) in [4.78, 5) is 13.5. The summed E-state index contributed by atoms with van der Waals surface area (Å²) in [5.41, 5.74) is 1.05. The Hall–Kier alpha value is -1.35. The zero-order valence-corrected chi connectivity index (χ0v) is 9.72. The summed E-state index contributed by atoms with van der Waals surface area (Å²) in [6, 6.07) is 10.1. The zero-order valence-electron chi connectivity index (χ0n) is 9.72. The zero-order chi connectivity index (χ0) is 11.5. The van der Waals surface area contributed by atoms with Crippen molar-refractivity contribution < 1.29 is 9.53 Å². The molecule has 3 heteroatoms. The average molecular weight is 219 g/mol. The Morgan fingerprint density at radius 1 is 1.44 bits per heavy atom. The van der Waals surface area contributed by atoms with Gasteiger partial charge in [0.05, 0.1) is 12.6 Å². The van der Waals surface area contributed by atoms with Crippen LogP contribution in [0.25, 0.3) is 0 Å². The monoisotopic (exact) mass is 219 g/mol. The van der Waals surface area contributed by atoms with E-state index in [0.717, 1.165) is 12.0 Å². The Balaban J connectivity index is 2.25. The van der Waals surface area contributed by atoms with Gasteiger partial charge in [-0.25, -0.2) is 0 Å². The Labute approximate surface area is 96.0 Å². The summed E-state index contributed by atoms with van der Waals surface area (Å²) < 4.78 is 5.72. The lowest BCUT2D eigenvalue weighted by molar-refractivity contribution is -0.135. The molecular formula is C13H17NO2. The molecule has 0 saturated carbocycles. The predicted molar refractivity (Wildman–Crippen MR) is 61.7 cm³/mol. The fourth-order valence-corrected chi connectivity index (χ4v) is 2.17. The van der Waals surface area contributed by atoms with E-state index in [0.29, 0.717) is 6.61 Å². The molecule has 0 N–H and O–H groups in total. The molecule has 2 rings (SSSR count). The summed E-state index contributed by atoms with van der Waals surface area (Å²) in [6.45, 7) is 4.32. The summed E-state index contributed by atoms with van der Waals surface area (Å²) in [5, 5.41) is 0. The molecule has 0 radical (unpaired) electrons. The Bertz CT molecular complexity index is 363. The number of carbonyl (C=O) groups is 1. The number of amides is 1. The highest BCUT2D eigenvalue weighted by Crippen LogP contribution is 2.31. The Kier molecular flexibility index (Phi) is 3.25. The van der Waals surface area contributed by atoms with E-state index < -0.39 is 0 Å². The molecule has 1 amide bonds. The van der Waals surface area contributed by atoms with Gasteiger partial charge in [-0.15, -0.1) is 0 Å². The van der Waals surface area contributed by atoms with Crippen LogP contribution in [0, 0.1) is 0 Å². The maximum absolute atomic E-state index is 11.6. The number of hydrogen-bond donors (Lipinski definition) is 0. The Morgan fingerprint density at radius 2 is 2.12 bits per heavy atom. The average Bonchev–Trinajstić information content (AvgIpc) is 2.73. The van der Waals surface area contributed by atoms with Crippen molar-refractivity contribution in [3.8, 4) is 0 Å². The van der Waals surface area contributed by atoms with Crippen molar-refractivity contribution in [3.63, 3.8) is 0 Å². The highest BCUT2D eigenvalue weighted by atomic mass is 16.5. The number of carbonyl (C=O) groups excluding carboxylic acids is 1. The second kappa shape index (κ2) is 4.66. The minimum Gasteiger partial charge on any atom is -0.352 e. The minimum absolute atomic E-state index is 0.0817. The van der Waals surface area contributed by atoms with Crippen LogP contribution in [0.2, 0.25) is 0 Å². The maximum Gasteiger partial charge on any atom is 0.222 e. The largest absolute Gasteiger partial charge is 0.352 e. The number of ether oxygens (including phenoxy) is 1. The minimum atomic E-state index is -0.205. The van der Waals surface area contributed by atoms with Gasteiger partial charge >= 0.3 is 0 Å². The van der Waals surface area contributed by atoms with Gasteiger partial charge in [-0.1, -0.05) is 37.3 Å². The van der Waals surface area contributed by atoms with Crippen LogP contribution in [0.3, 0.4) is 0 Å². The molecule has 3 nitrogen and oxygen atoms in total. The van der Waals surface area contributed by atoms with Crippen LogP contribution in [-0.2, 0) is 9.53 Å². The molecule has 1 aromatic rings. The second-order valence-electron chi connectivity index (χ2n) is 4.08. The van der Waals surface area contributed by atoms with E-state index in [9.17, 15) is 4.79 Å². The number of rotatable bonds is 2.